The van der Waals surface area contributed by atoms with Crippen molar-refractivity contribution in [2.45, 2.75) is 44.9 Å². The summed E-state index contributed by atoms with van der Waals surface area (Å²) >= 11 is 0. The molecule has 5 nitrogen and oxygen atoms in total. The number of hydrogen-bond acceptors (Lipinski definition) is 3. The molecule has 0 saturated carbocycles. The maximum Gasteiger partial charge on any atom is 0.323 e. The molecule has 14 heavy (non-hydrogen) atoms. The first-order chi connectivity index (χ1) is 6.10. The Morgan fingerprint density at radius 3 is 2.07 bits per heavy atom. The maximum atomic E-state index is 11.5. The fourth-order valence-electron chi connectivity index (χ4n) is 1.02. The van der Waals surface area contributed by atoms with Gasteiger partial charge >= 0.3 is 5.97 Å². The minimum absolute atomic E-state index is 0.0563. The van der Waals surface area contributed by atoms with Gasteiger partial charge < -0.3 is 5.11 Å². The Hall–Kier alpha value is -0.620. The Balaban J connectivity index is 4.86. The van der Waals surface area contributed by atoms with Crippen molar-refractivity contribution in [1.82, 2.24) is 4.72 Å². The van der Waals surface area contributed by atoms with Crippen molar-refractivity contribution in [3.05, 3.63) is 0 Å². The smallest absolute Gasteiger partial charge is 0.323 e. The standard InChI is InChI=1S/C8H17NO4S/c1-5-6(7(10)11)14(12,13)9-8(2,3)4/h6,9H,5H2,1-4H3,(H,10,11). The van der Waals surface area contributed by atoms with E-state index in [0.29, 0.717) is 0 Å². The van der Waals surface area contributed by atoms with Crippen molar-refractivity contribution < 1.29 is 18.3 Å². The van der Waals surface area contributed by atoms with Crippen LogP contribution in [-0.4, -0.2) is 30.3 Å². The van der Waals surface area contributed by atoms with Crippen molar-refractivity contribution in [1.29, 1.82) is 0 Å². The molecule has 0 aromatic rings. The largest absolute Gasteiger partial charge is 0.480 e. The monoisotopic (exact) mass is 223 g/mol. The van der Waals surface area contributed by atoms with Gasteiger partial charge in [0.25, 0.3) is 0 Å². The van der Waals surface area contributed by atoms with Crippen molar-refractivity contribution >= 4 is 16.0 Å². The molecule has 0 bridgehead atoms. The van der Waals surface area contributed by atoms with Crippen LogP contribution >= 0.6 is 0 Å². The molecule has 0 spiro atoms. The van der Waals surface area contributed by atoms with Crippen LogP contribution in [0.2, 0.25) is 0 Å². The number of carboxylic acids is 1. The summed E-state index contributed by atoms with van der Waals surface area (Å²) in [6, 6.07) is 0. The quantitative estimate of drug-likeness (QED) is 0.729. The molecule has 0 saturated heterocycles. The van der Waals surface area contributed by atoms with E-state index in [1.807, 2.05) is 0 Å². The predicted octanol–water partition coefficient (Wildman–Crippen LogP) is 0.568. The summed E-state index contributed by atoms with van der Waals surface area (Å²) in [5.74, 6) is -1.32. The van der Waals surface area contributed by atoms with E-state index in [2.05, 4.69) is 4.72 Å². The van der Waals surface area contributed by atoms with Crippen LogP contribution in [0.5, 0.6) is 0 Å². The van der Waals surface area contributed by atoms with Crippen molar-refractivity contribution in [2.24, 2.45) is 0 Å². The van der Waals surface area contributed by atoms with E-state index >= 15 is 0 Å². The zero-order chi connectivity index (χ0) is 11.6. The number of carboxylic acid groups (broad SMARTS) is 1. The lowest BCUT2D eigenvalue weighted by molar-refractivity contribution is -0.136. The third-order valence-electron chi connectivity index (χ3n) is 1.47. The molecule has 0 aliphatic carbocycles. The van der Waals surface area contributed by atoms with Gasteiger partial charge in [-0.25, -0.2) is 13.1 Å². The summed E-state index contributed by atoms with van der Waals surface area (Å²) in [4.78, 5) is 10.6. The number of rotatable bonds is 4. The van der Waals surface area contributed by atoms with Crippen LogP contribution in [0.25, 0.3) is 0 Å². The average molecular weight is 223 g/mol. The normalized spacial score (nSPS) is 15.1. The van der Waals surface area contributed by atoms with Gasteiger partial charge in [0.05, 0.1) is 0 Å². The molecule has 0 amide bonds. The minimum Gasteiger partial charge on any atom is -0.480 e. The van der Waals surface area contributed by atoms with E-state index in [1.165, 1.54) is 6.92 Å². The molecular weight excluding hydrogens is 206 g/mol. The van der Waals surface area contributed by atoms with E-state index in [0.717, 1.165) is 0 Å². The molecule has 0 fully saturated rings. The highest BCUT2D eigenvalue weighted by molar-refractivity contribution is 7.90. The third kappa shape index (κ3) is 4.06. The molecule has 0 aliphatic rings. The molecule has 2 N–H and O–H groups in total. The van der Waals surface area contributed by atoms with E-state index < -0.39 is 26.8 Å². The fraction of sp³-hybridized carbons (Fsp3) is 0.875. The van der Waals surface area contributed by atoms with E-state index in [4.69, 9.17) is 5.11 Å². The topological polar surface area (TPSA) is 83.5 Å². The van der Waals surface area contributed by atoms with Gasteiger partial charge in [0.2, 0.25) is 10.0 Å². The van der Waals surface area contributed by atoms with Crippen LogP contribution in [0, 0.1) is 0 Å². The lowest BCUT2D eigenvalue weighted by atomic mass is 10.1. The second-order valence-electron chi connectivity index (χ2n) is 4.13. The number of nitrogens with one attached hydrogen (secondary N) is 1. The first kappa shape index (κ1) is 13.4. The molecule has 0 heterocycles. The Kier molecular flexibility index (Phi) is 4.08. The number of aliphatic carboxylic acids is 1. The van der Waals surface area contributed by atoms with Gasteiger partial charge in [-0.15, -0.1) is 0 Å². The number of carbonyl (C=O) groups is 1. The number of sulfonamides is 1. The van der Waals surface area contributed by atoms with Crippen LogP contribution in [0.3, 0.4) is 0 Å². The van der Waals surface area contributed by atoms with Gasteiger partial charge in [-0.1, -0.05) is 6.92 Å². The van der Waals surface area contributed by atoms with Gasteiger partial charge in [-0.3, -0.25) is 4.79 Å². The molecular formula is C8H17NO4S. The number of hydrogen-bond donors (Lipinski definition) is 2. The van der Waals surface area contributed by atoms with Crippen LogP contribution in [0.15, 0.2) is 0 Å². The van der Waals surface area contributed by atoms with Gasteiger partial charge in [-0.2, -0.15) is 0 Å². The summed E-state index contributed by atoms with van der Waals surface area (Å²) in [5.41, 5.74) is -0.651. The predicted molar refractivity (Wildman–Crippen MR) is 53.5 cm³/mol. The van der Waals surface area contributed by atoms with E-state index in [-0.39, 0.29) is 6.42 Å². The Bertz CT molecular complexity index is 302. The van der Waals surface area contributed by atoms with Crippen LogP contribution < -0.4 is 4.72 Å². The minimum atomic E-state index is -3.78. The maximum absolute atomic E-state index is 11.5. The zero-order valence-corrected chi connectivity index (χ0v) is 9.68. The summed E-state index contributed by atoms with van der Waals surface area (Å²) in [6.45, 7) is 6.53. The summed E-state index contributed by atoms with van der Waals surface area (Å²) in [5, 5.41) is 7.31. The highest BCUT2D eigenvalue weighted by Gasteiger charge is 2.33. The molecule has 0 aliphatic heterocycles. The summed E-state index contributed by atoms with van der Waals surface area (Å²) in [7, 11) is -3.78. The average Bonchev–Trinajstić information content (AvgIpc) is 1.79. The van der Waals surface area contributed by atoms with Crippen LogP contribution in [0.1, 0.15) is 34.1 Å². The van der Waals surface area contributed by atoms with Gasteiger partial charge in [-0.05, 0) is 27.2 Å². The first-order valence-corrected chi connectivity index (χ1v) is 5.90. The Morgan fingerprint density at radius 2 is 1.86 bits per heavy atom. The summed E-state index contributed by atoms with van der Waals surface area (Å²) in [6.07, 6.45) is 0.0563. The molecule has 0 radical (unpaired) electrons. The van der Waals surface area contributed by atoms with E-state index in [9.17, 15) is 13.2 Å². The second-order valence-corrected chi connectivity index (χ2v) is 6.00. The molecule has 1 unspecified atom stereocenters. The van der Waals surface area contributed by atoms with Crippen molar-refractivity contribution in [2.75, 3.05) is 0 Å². The van der Waals surface area contributed by atoms with E-state index in [1.54, 1.807) is 20.8 Å². The Morgan fingerprint density at radius 1 is 1.43 bits per heavy atom. The van der Waals surface area contributed by atoms with Crippen molar-refractivity contribution in [3.8, 4) is 0 Å². The molecule has 0 aromatic heterocycles. The highest BCUT2D eigenvalue weighted by atomic mass is 32.2. The molecule has 0 aromatic carbocycles. The van der Waals surface area contributed by atoms with Crippen LogP contribution in [0.4, 0.5) is 0 Å². The molecule has 6 heteroatoms. The SMILES string of the molecule is CCC(C(=O)O)S(=O)(=O)NC(C)(C)C. The molecule has 84 valence electrons. The molecule has 0 rings (SSSR count). The zero-order valence-electron chi connectivity index (χ0n) is 8.86. The Labute approximate surface area is 84.6 Å². The van der Waals surface area contributed by atoms with Gasteiger partial charge in [0.15, 0.2) is 5.25 Å². The fourth-order valence-corrected chi connectivity index (χ4v) is 2.72. The highest BCUT2D eigenvalue weighted by Crippen LogP contribution is 2.09. The molecule has 1 atom stereocenters. The lowest BCUT2D eigenvalue weighted by Gasteiger charge is -2.22. The van der Waals surface area contributed by atoms with Crippen molar-refractivity contribution in [3.63, 3.8) is 0 Å². The summed E-state index contributed by atoms with van der Waals surface area (Å²) < 4.78 is 25.4. The lowest BCUT2D eigenvalue weighted by Crippen LogP contribution is -2.47. The van der Waals surface area contributed by atoms with Gasteiger partial charge in [0.1, 0.15) is 0 Å². The third-order valence-corrected chi connectivity index (χ3v) is 3.65. The van der Waals surface area contributed by atoms with Crippen LogP contribution in [-0.2, 0) is 14.8 Å². The second kappa shape index (κ2) is 4.27. The first-order valence-electron chi connectivity index (χ1n) is 4.35. The van der Waals surface area contributed by atoms with Gasteiger partial charge in [0, 0.05) is 5.54 Å².